The van der Waals surface area contributed by atoms with Gasteiger partial charge in [0.25, 0.3) is 5.91 Å². The molecule has 0 aliphatic carbocycles. The minimum atomic E-state index is -0.385. The normalized spacial score (nSPS) is 15.5. The van der Waals surface area contributed by atoms with Crippen LogP contribution in [0.1, 0.15) is 16.8 Å². The minimum absolute atomic E-state index is 0.112. The number of halogens is 2. The van der Waals surface area contributed by atoms with Crippen LogP contribution in [-0.4, -0.2) is 55.0 Å². The molecule has 0 N–H and O–H groups in total. The van der Waals surface area contributed by atoms with Crippen LogP contribution < -0.4 is 4.74 Å². The zero-order valence-corrected chi connectivity index (χ0v) is 15.3. The number of rotatable bonds is 5. The Labute approximate surface area is 158 Å². The monoisotopic (exact) mass is 376 g/mol. The van der Waals surface area contributed by atoms with Crippen molar-refractivity contribution < 1.29 is 13.9 Å². The van der Waals surface area contributed by atoms with Crippen molar-refractivity contribution in [2.75, 3.05) is 39.3 Å². The first-order chi connectivity index (χ1) is 12.6. The van der Waals surface area contributed by atoms with Gasteiger partial charge in [-0.15, -0.1) is 0 Å². The lowest BCUT2D eigenvalue weighted by Crippen LogP contribution is -2.36. The summed E-state index contributed by atoms with van der Waals surface area (Å²) in [6, 6.07) is 13.3. The molecule has 1 saturated heterocycles. The van der Waals surface area contributed by atoms with Gasteiger partial charge in [0.15, 0.2) is 0 Å². The minimum Gasteiger partial charge on any atom is -0.491 e. The highest BCUT2D eigenvalue weighted by Gasteiger charge is 2.20. The van der Waals surface area contributed by atoms with Crippen LogP contribution in [0.15, 0.2) is 48.5 Å². The summed E-state index contributed by atoms with van der Waals surface area (Å²) in [5.74, 6) is 0.189. The molecule has 3 rings (SSSR count). The summed E-state index contributed by atoms with van der Waals surface area (Å²) >= 11 is 6.09. The van der Waals surface area contributed by atoms with Crippen LogP contribution in [0, 0.1) is 5.82 Å². The van der Waals surface area contributed by atoms with Crippen LogP contribution in [0.3, 0.4) is 0 Å². The smallest absolute Gasteiger partial charge is 0.254 e. The van der Waals surface area contributed by atoms with Crippen LogP contribution in [0.25, 0.3) is 0 Å². The predicted octanol–water partition coefficient (Wildman–Crippen LogP) is 3.71. The Bertz CT molecular complexity index is 756. The lowest BCUT2D eigenvalue weighted by Gasteiger charge is -2.22. The maximum Gasteiger partial charge on any atom is 0.254 e. The van der Waals surface area contributed by atoms with Gasteiger partial charge in [-0.25, -0.2) is 4.39 Å². The fourth-order valence-corrected chi connectivity index (χ4v) is 3.24. The Hall–Kier alpha value is -2.11. The Kier molecular flexibility index (Phi) is 6.47. The number of para-hydroxylation sites is 1. The van der Waals surface area contributed by atoms with E-state index >= 15 is 0 Å². The first-order valence-corrected chi connectivity index (χ1v) is 9.16. The highest BCUT2D eigenvalue weighted by atomic mass is 35.5. The van der Waals surface area contributed by atoms with E-state index in [-0.39, 0.29) is 11.7 Å². The standard InChI is InChI=1S/C20H22ClFN2O2/c21-18-7-1-2-8-19(18)26-14-13-23-9-4-10-24(12-11-23)20(25)16-5-3-6-17(22)15-16/h1-3,5-8,15H,4,9-14H2. The number of carbonyl (C=O) groups excluding carboxylic acids is 1. The fourth-order valence-electron chi connectivity index (χ4n) is 3.05. The maximum absolute atomic E-state index is 13.3. The summed E-state index contributed by atoms with van der Waals surface area (Å²) in [6.45, 7) is 4.29. The van der Waals surface area contributed by atoms with Crippen LogP contribution in [0.5, 0.6) is 5.75 Å². The van der Waals surface area contributed by atoms with Crippen LogP contribution in [0.2, 0.25) is 5.02 Å². The van der Waals surface area contributed by atoms with Gasteiger partial charge in [0, 0.05) is 38.3 Å². The van der Waals surface area contributed by atoms with E-state index in [1.165, 1.54) is 12.1 Å². The van der Waals surface area contributed by atoms with Gasteiger partial charge in [-0.05, 0) is 36.8 Å². The molecule has 1 heterocycles. The molecule has 0 atom stereocenters. The van der Waals surface area contributed by atoms with E-state index in [9.17, 15) is 9.18 Å². The molecule has 6 heteroatoms. The summed E-state index contributed by atoms with van der Waals surface area (Å²) in [5, 5.41) is 0.607. The van der Waals surface area contributed by atoms with Gasteiger partial charge in [0.2, 0.25) is 0 Å². The van der Waals surface area contributed by atoms with Gasteiger partial charge in [-0.2, -0.15) is 0 Å². The molecule has 1 aliphatic heterocycles. The molecule has 1 amide bonds. The van der Waals surface area contributed by atoms with Gasteiger partial charge < -0.3 is 9.64 Å². The third-order valence-electron chi connectivity index (χ3n) is 4.45. The van der Waals surface area contributed by atoms with Gasteiger partial charge in [-0.1, -0.05) is 29.8 Å². The van der Waals surface area contributed by atoms with Crippen molar-refractivity contribution in [3.8, 4) is 5.75 Å². The van der Waals surface area contributed by atoms with E-state index in [1.54, 1.807) is 23.1 Å². The first kappa shape index (κ1) is 18.7. The Balaban J connectivity index is 1.49. The van der Waals surface area contributed by atoms with Crippen molar-refractivity contribution in [3.63, 3.8) is 0 Å². The fraction of sp³-hybridized carbons (Fsp3) is 0.350. The third kappa shape index (κ3) is 4.96. The van der Waals surface area contributed by atoms with E-state index < -0.39 is 0 Å². The summed E-state index contributed by atoms with van der Waals surface area (Å²) in [5.41, 5.74) is 0.403. The van der Waals surface area contributed by atoms with E-state index in [2.05, 4.69) is 4.90 Å². The average molecular weight is 377 g/mol. The van der Waals surface area contributed by atoms with Gasteiger partial charge in [-0.3, -0.25) is 9.69 Å². The van der Waals surface area contributed by atoms with E-state index in [4.69, 9.17) is 16.3 Å². The molecule has 2 aromatic carbocycles. The van der Waals surface area contributed by atoms with Crippen LogP contribution >= 0.6 is 11.6 Å². The number of hydrogen-bond donors (Lipinski definition) is 0. The quantitative estimate of drug-likeness (QED) is 0.797. The maximum atomic E-state index is 13.3. The number of ether oxygens (including phenoxy) is 1. The second-order valence-corrected chi connectivity index (χ2v) is 6.68. The molecule has 0 bridgehead atoms. The van der Waals surface area contributed by atoms with Gasteiger partial charge in [0.05, 0.1) is 5.02 Å². The number of hydrogen-bond acceptors (Lipinski definition) is 3. The molecule has 2 aromatic rings. The molecule has 0 radical (unpaired) electrons. The van der Waals surface area contributed by atoms with Crippen molar-refractivity contribution >= 4 is 17.5 Å². The van der Waals surface area contributed by atoms with Gasteiger partial charge in [0.1, 0.15) is 18.2 Å². The molecular weight excluding hydrogens is 355 g/mol. The molecule has 0 unspecified atom stereocenters. The highest BCUT2D eigenvalue weighted by Crippen LogP contribution is 2.23. The second kappa shape index (κ2) is 9.01. The SMILES string of the molecule is O=C(c1cccc(F)c1)N1CCCN(CCOc2ccccc2Cl)CC1. The Morgan fingerprint density at radius 3 is 2.73 bits per heavy atom. The predicted molar refractivity (Wildman–Crippen MR) is 100 cm³/mol. The second-order valence-electron chi connectivity index (χ2n) is 6.28. The van der Waals surface area contributed by atoms with E-state index in [1.807, 2.05) is 18.2 Å². The molecule has 1 fully saturated rings. The zero-order chi connectivity index (χ0) is 18.4. The molecule has 0 saturated carbocycles. The molecule has 0 aromatic heterocycles. The van der Waals surface area contributed by atoms with Crippen LogP contribution in [-0.2, 0) is 0 Å². The third-order valence-corrected chi connectivity index (χ3v) is 4.76. The summed E-state index contributed by atoms with van der Waals surface area (Å²) in [4.78, 5) is 16.6. The van der Waals surface area contributed by atoms with Gasteiger partial charge >= 0.3 is 0 Å². The molecule has 138 valence electrons. The Morgan fingerprint density at radius 2 is 1.92 bits per heavy atom. The number of nitrogens with zero attached hydrogens (tertiary/aromatic N) is 2. The lowest BCUT2D eigenvalue weighted by atomic mass is 10.2. The van der Waals surface area contributed by atoms with Crippen molar-refractivity contribution in [1.82, 2.24) is 9.80 Å². The summed E-state index contributed by atoms with van der Waals surface area (Å²) < 4.78 is 19.1. The van der Waals surface area contributed by atoms with Crippen molar-refractivity contribution in [3.05, 3.63) is 64.9 Å². The largest absolute Gasteiger partial charge is 0.491 e. The van der Waals surface area contributed by atoms with Crippen molar-refractivity contribution in [2.45, 2.75) is 6.42 Å². The lowest BCUT2D eigenvalue weighted by molar-refractivity contribution is 0.0760. The molecule has 1 aliphatic rings. The molecule has 4 nitrogen and oxygen atoms in total. The zero-order valence-electron chi connectivity index (χ0n) is 14.5. The summed E-state index contributed by atoms with van der Waals surface area (Å²) in [6.07, 6.45) is 0.882. The van der Waals surface area contributed by atoms with Crippen LogP contribution in [0.4, 0.5) is 4.39 Å². The van der Waals surface area contributed by atoms with Crippen molar-refractivity contribution in [2.24, 2.45) is 0 Å². The van der Waals surface area contributed by atoms with E-state index in [0.717, 1.165) is 26.1 Å². The number of benzene rings is 2. The highest BCUT2D eigenvalue weighted by molar-refractivity contribution is 6.32. The average Bonchev–Trinajstić information content (AvgIpc) is 2.88. The molecule has 26 heavy (non-hydrogen) atoms. The van der Waals surface area contributed by atoms with E-state index in [0.29, 0.717) is 36.0 Å². The molecular formula is C20H22ClFN2O2. The topological polar surface area (TPSA) is 32.8 Å². The Morgan fingerprint density at radius 1 is 1.08 bits per heavy atom. The number of carbonyl (C=O) groups is 1. The number of amides is 1. The first-order valence-electron chi connectivity index (χ1n) is 8.78. The molecule has 0 spiro atoms. The summed E-state index contributed by atoms with van der Waals surface area (Å²) in [7, 11) is 0. The van der Waals surface area contributed by atoms with Crippen molar-refractivity contribution in [1.29, 1.82) is 0 Å².